The SMILES string of the molecule is CC(C)c1c(C#CCO[PH](=O)CC(O)CC(=O)O)c(-c2ccc(F)cc2)c(-c2ccccc2)n1C(C)C. The quantitative estimate of drug-likeness (QED) is 0.238. The number of hydrogen-bond acceptors (Lipinski definition) is 4. The summed E-state index contributed by atoms with van der Waals surface area (Å²) in [6.07, 6.45) is -1.96. The summed E-state index contributed by atoms with van der Waals surface area (Å²) in [5.74, 6) is 4.82. The number of carboxylic acid groups (broad SMARTS) is 1. The van der Waals surface area contributed by atoms with Crippen molar-refractivity contribution in [2.75, 3.05) is 12.8 Å². The average Bonchev–Trinajstić information content (AvgIpc) is 3.18. The second-order valence-electron chi connectivity index (χ2n) is 9.39. The van der Waals surface area contributed by atoms with Gasteiger partial charge in [-0.05, 0) is 43.0 Å². The molecule has 0 saturated carbocycles. The van der Waals surface area contributed by atoms with Gasteiger partial charge < -0.3 is 19.3 Å². The number of benzene rings is 2. The lowest BCUT2D eigenvalue weighted by Crippen LogP contribution is -2.15. The van der Waals surface area contributed by atoms with Crippen LogP contribution in [-0.4, -0.2) is 39.6 Å². The van der Waals surface area contributed by atoms with E-state index in [1.165, 1.54) is 12.1 Å². The van der Waals surface area contributed by atoms with Crippen LogP contribution in [0.1, 0.15) is 57.3 Å². The van der Waals surface area contributed by atoms with E-state index in [1.54, 1.807) is 12.1 Å². The molecule has 196 valence electrons. The Bertz CT molecular complexity index is 1300. The predicted octanol–water partition coefficient (Wildman–Crippen LogP) is 6.34. The fraction of sp³-hybridized carbons (Fsp3) is 0.345. The fourth-order valence-corrected chi connectivity index (χ4v) is 5.26. The van der Waals surface area contributed by atoms with Gasteiger partial charge in [0.1, 0.15) is 12.4 Å². The molecule has 0 spiro atoms. The Morgan fingerprint density at radius 1 is 1.05 bits per heavy atom. The second-order valence-corrected chi connectivity index (χ2v) is 10.8. The third-order valence-electron chi connectivity index (χ3n) is 5.82. The topological polar surface area (TPSA) is 88.8 Å². The van der Waals surface area contributed by atoms with E-state index in [9.17, 15) is 18.9 Å². The zero-order valence-corrected chi connectivity index (χ0v) is 22.5. The van der Waals surface area contributed by atoms with Crippen LogP contribution in [0, 0.1) is 17.7 Å². The minimum absolute atomic E-state index is 0.116. The van der Waals surface area contributed by atoms with E-state index in [0.29, 0.717) is 0 Å². The number of nitrogens with zero attached hydrogens (tertiary/aromatic N) is 1. The van der Waals surface area contributed by atoms with Gasteiger partial charge in [-0.1, -0.05) is 68.2 Å². The first-order valence-electron chi connectivity index (χ1n) is 12.2. The maximum absolute atomic E-state index is 13.8. The molecule has 37 heavy (non-hydrogen) atoms. The largest absolute Gasteiger partial charge is 0.481 e. The molecule has 0 aliphatic carbocycles. The van der Waals surface area contributed by atoms with Crippen LogP contribution in [0.2, 0.25) is 0 Å². The molecular weight excluding hydrogens is 492 g/mol. The summed E-state index contributed by atoms with van der Waals surface area (Å²) in [5, 5.41) is 18.4. The summed E-state index contributed by atoms with van der Waals surface area (Å²) in [6, 6.07) is 16.5. The molecule has 8 heteroatoms. The summed E-state index contributed by atoms with van der Waals surface area (Å²) < 4.78 is 33.6. The minimum Gasteiger partial charge on any atom is -0.481 e. The van der Waals surface area contributed by atoms with Crippen LogP contribution in [0.5, 0.6) is 0 Å². The number of carboxylic acids is 1. The summed E-state index contributed by atoms with van der Waals surface area (Å²) in [5.41, 5.74) is 5.55. The highest BCUT2D eigenvalue weighted by Gasteiger charge is 2.27. The molecule has 2 aromatic carbocycles. The lowest BCUT2D eigenvalue weighted by molar-refractivity contribution is -0.138. The number of aliphatic hydroxyl groups is 1. The van der Waals surface area contributed by atoms with Crippen LogP contribution in [-0.2, 0) is 13.9 Å². The molecule has 0 aliphatic rings. The molecule has 2 unspecified atom stereocenters. The van der Waals surface area contributed by atoms with Crippen LogP contribution in [0.15, 0.2) is 54.6 Å². The molecule has 2 atom stereocenters. The van der Waals surface area contributed by atoms with Crippen molar-refractivity contribution >= 4 is 14.0 Å². The number of aromatic nitrogens is 1. The maximum atomic E-state index is 13.8. The molecule has 0 fully saturated rings. The number of carbonyl (C=O) groups is 1. The Labute approximate surface area is 218 Å². The van der Waals surface area contributed by atoms with Crippen LogP contribution < -0.4 is 0 Å². The molecule has 1 aromatic heterocycles. The monoisotopic (exact) mass is 525 g/mol. The van der Waals surface area contributed by atoms with Crippen molar-refractivity contribution in [2.45, 2.75) is 52.2 Å². The Morgan fingerprint density at radius 2 is 1.70 bits per heavy atom. The van der Waals surface area contributed by atoms with Gasteiger partial charge in [-0.2, -0.15) is 0 Å². The van der Waals surface area contributed by atoms with Gasteiger partial charge >= 0.3 is 5.97 Å². The minimum atomic E-state index is -2.65. The van der Waals surface area contributed by atoms with Crippen LogP contribution in [0.3, 0.4) is 0 Å². The Kier molecular flexibility index (Phi) is 9.88. The van der Waals surface area contributed by atoms with Gasteiger partial charge in [0, 0.05) is 23.5 Å². The first-order valence-corrected chi connectivity index (χ1v) is 13.8. The molecule has 3 rings (SSSR count). The predicted molar refractivity (Wildman–Crippen MR) is 145 cm³/mol. The number of hydrogen-bond donors (Lipinski definition) is 2. The summed E-state index contributed by atoms with van der Waals surface area (Å²) in [4.78, 5) is 10.7. The van der Waals surface area contributed by atoms with E-state index in [4.69, 9.17) is 9.63 Å². The highest BCUT2D eigenvalue weighted by atomic mass is 31.1. The molecule has 0 amide bonds. The second kappa shape index (κ2) is 12.9. The standard InChI is InChI=1S/C29H33FNO5P/c1-19(2)28-25(11-8-16-36-37(35)18-24(32)17-26(33)34)27(21-12-14-23(30)15-13-21)29(31(28)20(3)4)22-9-6-5-7-10-22/h5-7,9-10,12-15,19-20,24,32,37H,16-18H2,1-4H3,(H,33,34). The van der Waals surface area contributed by atoms with E-state index >= 15 is 0 Å². The number of aliphatic hydroxyl groups excluding tert-OH is 1. The molecule has 0 radical (unpaired) electrons. The van der Waals surface area contributed by atoms with Gasteiger partial charge in [0.15, 0.2) is 8.03 Å². The van der Waals surface area contributed by atoms with E-state index in [0.717, 1.165) is 33.6 Å². The van der Waals surface area contributed by atoms with Crippen LogP contribution >= 0.6 is 8.03 Å². The fourth-order valence-electron chi connectivity index (χ4n) is 4.38. The van der Waals surface area contributed by atoms with E-state index in [2.05, 4.69) is 44.1 Å². The summed E-state index contributed by atoms with van der Waals surface area (Å²) in [7, 11) is -2.65. The van der Waals surface area contributed by atoms with Crippen molar-refractivity contribution in [3.63, 3.8) is 0 Å². The molecular formula is C29H33FNO5P. The number of halogens is 1. The Morgan fingerprint density at radius 3 is 2.27 bits per heavy atom. The zero-order valence-electron chi connectivity index (χ0n) is 21.5. The van der Waals surface area contributed by atoms with Gasteiger partial charge in [0.25, 0.3) is 0 Å². The van der Waals surface area contributed by atoms with Crippen LogP contribution in [0.25, 0.3) is 22.4 Å². The van der Waals surface area contributed by atoms with Gasteiger partial charge in [-0.25, -0.2) is 4.39 Å². The van der Waals surface area contributed by atoms with Crippen molar-refractivity contribution < 1.29 is 28.5 Å². The van der Waals surface area contributed by atoms with Gasteiger partial charge in [-0.15, -0.1) is 0 Å². The molecule has 2 N–H and O–H groups in total. The maximum Gasteiger partial charge on any atom is 0.305 e. The zero-order chi connectivity index (χ0) is 27.1. The first-order chi connectivity index (χ1) is 17.6. The molecule has 1 heterocycles. The van der Waals surface area contributed by atoms with Gasteiger partial charge in [0.05, 0.1) is 23.8 Å². The summed E-state index contributed by atoms with van der Waals surface area (Å²) in [6.45, 7) is 8.29. The van der Waals surface area contributed by atoms with E-state index < -0.39 is 26.5 Å². The third kappa shape index (κ3) is 7.20. The van der Waals surface area contributed by atoms with Crippen molar-refractivity contribution in [2.24, 2.45) is 0 Å². The normalized spacial score (nSPS) is 12.9. The summed E-state index contributed by atoms with van der Waals surface area (Å²) >= 11 is 0. The van der Waals surface area contributed by atoms with Gasteiger partial charge in [-0.3, -0.25) is 9.36 Å². The van der Waals surface area contributed by atoms with Crippen molar-refractivity contribution in [1.29, 1.82) is 0 Å². The number of aliphatic carboxylic acids is 1. The molecule has 6 nitrogen and oxygen atoms in total. The van der Waals surface area contributed by atoms with E-state index in [1.807, 2.05) is 30.3 Å². The smallest absolute Gasteiger partial charge is 0.305 e. The molecule has 0 aliphatic heterocycles. The first kappa shape index (κ1) is 28.4. The van der Waals surface area contributed by atoms with Crippen LogP contribution in [0.4, 0.5) is 4.39 Å². The van der Waals surface area contributed by atoms with Gasteiger partial charge in [0.2, 0.25) is 0 Å². The lowest BCUT2D eigenvalue weighted by Gasteiger charge is -2.20. The average molecular weight is 526 g/mol. The molecule has 0 bridgehead atoms. The molecule has 3 aromatic rings. The van der Waals surface area contributed by atoms with Crippen molar-refractivity contribution in [3.05, 3.63) is 71.7 Å². The third-order valence-corrected chi connectivity index (χ3v) is 7.09. The highest BCUT2D eigenvalue weighted by Crippen LogP contribution is 2.43. The lowest BCUT2D eigenvalue weighted by atomic mass is 9.95. The van der Waals surface area contributed by atoms with Crippen molar-refractivity contribution in [3.8, 4) is 34.2 Å². The van der Waals surface area contributed by atoms with E-state index in [-0.39, 0.29) is 30.5 Å². The Balaban J connectivity index is 2.10. The number of rotatable bonds is 10. The molecule has 0 saturated heterocycles. The van der Waals surface area contributed by atoms with Crippen molar-refractivity contribution in [1.82, 2.24) is 4.57 Å². The highest BCUT2D eigenvalue weighted by molar-refractivity contribution is 7.39. The Hall–Kier alpha value is -3.17.